The Balaban J connectivity index is 2.33. The molecular formula is C15H22N2O. The first-order valence-corrected chi connectivity index (χ1v) is 6.73. The zero-order valence-electron chi connectivity index (χ0n) is 11.4. The van der Waals surface area contributed by atoms with E-state index in [4.69, 9.17) is 10.2 Å². The smallest absolute Gasteiger partial charge is 0.199 e. The van der Waals surface area contributed by atoms with Crippen LogP contribution in [0, 0.1) is 5.92 Å². The molecule has 0 radical (unpaired) electrons. The minimum absolute atomic E-state index is 0.225. The van der Waals surface area contributed by atoms with Gasteiger partial charge < -0.3 is 10.2 Å². The van der Waals surface area contributed by atoms with Gasteiger partial charge in [0.25, 0.3) is 0 Å². The molecule has 18 heavy (non-hydrogen) atoms. The molecule has 0 amide bonds. The van der Waals surface area contributed by atoms with E-state index in [0.29, 0.717) is 12.5 Å². The van der Waals surface area contributed by atoms with Crippen LogP contribution in [-0.4, -0.2) is 11.5 Å². The SMILES string of the molecule is CCc1ccc2oc(C(CN)CC(C)C)nc2c1. The number of aryl methyl sites for hydroxylation is 1. The molecule has 2 N–H and O–H groups in total. The highest BCUT2D eigenvalue weighted by Gasteiger charge is 2.18. The van der Waals surface area contributed by atoms with Gasteiger partial charge in [0, 0.05) is 12.5 Å². The van der Waals surface area contributed by atoms with Crippen molar-refractivity contribution in [1.82, 2.24) is 4.98 Å². The van der Waals surface area contributed by atoms with Gasteiger partial charge >= 0.3 is 0 Å². The standard InChI is InChI=1S/C15H22N2O/c1-4-11-5-6-14-13(8-11)17-15(18-14)12(9-16)7-10(2)3/h5-6,8,10,12H,4,7,9,16H2,1-3H3. The molecule has 1 aromatic heterocycles. The zero-order valence-corrected chi connectivity index (χ0v) is 11.4. The fourth-order valence-electron chi connectivity index (χ4n) is 2.25. The molecular weight excluding hydrogens is 224 g/mol. The quantitative estimate of drug-likeness (QED) is 0.878. The highest BCUT2D eigenvalue weighted by atomic mass is 16.3. The summed E-state index contributed by atoms with van der Waals surface area (Å²) in [6.45, 7) is 7.12. The predicted octanol–water partition coefficient (Wildman–Crippen LogP) is 3.48. The van der Waals surface area contributed by atoms with Gasteiger partial charge in [-0.2, -0.15) is 0 Å². The van der Waals surface area contributed by atoms with Crippen LogP contribution in [0.4, 0.5) is 0 Å². The van der Waals surface area contributed by atoms with Crippen molar-refractivity contribution in [3.8, 4) is 0 Å². The van der Waals surface area contributed by atoms with Gasteiger partial charge in [-0.3, -0.25) is 0 Å². The van der Waals surface area contributed by atoms with Crippen molar-refractivity contribution in [3.05, 3.63) is 29.7 Å². The summed E-state index contributed by atoms with van der Waals surface area (Å²) in [4.78, 5) is 4.60. The second kappa shape index (κ2) is 5.53. The maximum atomic E-state index is 5.83. The third-order valence-electron chi connectivity index (χ3n) is 3.27. The van der Waals surface area contributed by atoms with E-state index in [1.807, 2.05) is 6.07 Å². The van der Waals surface area contributed by atoms with Crippen molar-refractivity contribution >= 4 is 11.1 Å². The number of hydrogen-bond acceptors (Lipinski definition) is 3. The third-order valence-corrected chi connectivity index (χ3v) is 3.27. The second-order valence-electron chi connectivity index (χ2n) is 5.27. The Labute approximate surface area is 108 Å². The van der Waals surface area contributed by atoms with Crippen LogP contribution < -0.4 is 5.73 Å². The number of rotatable bonds is 5. The maximum absolute atomic E-state index is 5.83. The van der Waals surface area contributed by atoms with Crippen molar-refractivity contribution in [3.63, 3.8) is 0 Å². The average Bonchev–Trinajstić information content (AvgIpc) is 2.77. The lowest BCUT2D eigenvalue weighted by molar-refractivity contribution is 0.414. The molecule has 0 fully saturated rings. The molecule has 2 aromatic rings. The summed E-state index contributed by atoms with van der Waals surface area (Å²) in [6, 6.07) is 6.20. The zero-order chi connectivity index (χ0) is 13.1. The highest BCUT2D eigenvalue weighted by molar-refractivity contribution is 5.73. The van der Waals surface area contributed by atoms with E-state index < -0.39 is 0 Å². The first-order chi connectivity index (χ1) is 8.63. The van der Waals surface area contributed by atoms with Gasteiger partial charge in [0.2, 0.25) is 0 Å². The van der Waals surface area contributed by atoms with E-state index in [1.54, 1.807) is 0 Å². The highest BCUT2D eigenvalue weighted by Crippen LogP contribution is 2.26. The Hall–Kier alpha value is -1.35. The predicted molar refractivity (Wildman–Crippen MR) is 74.6 cm³/mol. The minimum atomic E-state index is 0.225. The van der Waals surface area contributed by atoms with Crippen LogP contribution >= 0.6 is 0 Å². The molecule has 98 valence electrons. The van der Waals surface area contributed by atoms with Gasteiger partial charge in [0.05, 0.1) is 0 Å². The molecule has 1 atom stereocenters. The molecule has 3 nitrogen and oxygen atoms in total. The molecule has 3 heteroatoms. The van der Waals surface area contributed by atoms with Gasteiger partial charge in [0.15, 0.2) is 11.5 Å². The normalized spacial score (nSPS) is 13.4. The number of aromatic nitrogens is 1. The monoisotopic (exact) mass is 246 g/mol. The Morgan fingerprint density at radius 3 is 2.72 bits per heavy atom. The summed E-state index contributed by atoms with van der Waals surface area (Å²) in [5.74, 6) is 1.61. The number of hydrogen-bond donors (Lipinski definition) is 1. The largest absolute Gasteiger partial charge is 0.440 e. The van der Waals surface area contributed by atoms with Crippen LogP contribution in [-0.2, 0) is 6.42 Å². The van der Waals surface area contributed by atoms with E-state index in [0.717, 1.165) is 29.8 Å². The van der Waals surface area contributed by atoms with Crippen LogP contribution in [0.3, 0.4) is 0 Å². The summed E-state index contributed by atoms with van der Waals surface area (Å²) in [5.41, 5.74) is 8.93. The number of oxazole rings is 1. The summed E-state index contributed by atoms with van der Waals surface area (Å²) in [5, 5.41) is 0. The van der Waals surface area contributed by atoms with E-state index >= 15 is 0 Å². The van der Waals surface area contributed by atoms with Crippen LogP contribution in [0.25, 0.3) is 11.1 Å². The van der Waals surface area contributed by atoms with Gasteiger partial charge in [0.1, 0.15) is 5.52 Å². The van der Waals surface area contributed by atoms with Crippen molar-refractivity contribution in [2.75, 3.05) is 6.54 Å². The first-order valence-electron chi connectivity index (χ1n) is 6.73. The summed E-state index contributed by atoms with van der Waals surface area (Å²) < 4.78 is 5.83. The van der Waals surface area contributed by atoms with E-state index in [2.05, 4.69) is 37.9 Å². The molecule has 0 saturated heterocycles. The fourth-order valence-corrected chi connectivity index (χ4v) is 2.25. The second-order valence-corrected chi connectivity index (χ2v) is 5.27. The molecule has 0 bridgehead atoms. The number of fused-ring (bicyclic) bond motifs is 1. The minimum Gasteiger partial charge on any atom is -0.440 e. The van der Waals surface area contributed by atoms with Gasteiger partial charge in [-0.05, 0) is 36.5 Å². The molecule has 1 heterocycles. The van der Waals surface area contributed by atoms with Gasteiger partial charge in [-0.1, -0.05) is 26.8 Å². The first kappa shape index (κ1) is 13.1. The van der Waals surface area contributed by atoms with Crippen LogP contribution in [0.5, 0.6) is 0 Å². The molecule has 1 unspecified atom stereocenters. The van der Waals surface area contributed by atoms with Crippen LogP contribution in [0.15, 0.2) is 22.6 Å². The van der Waals surface area contributed by atoms with E-state index in [9.17, 15) is 0 Å². The summed E-state index contributed by atoms with van der Waals surface area (Å²) in [6.07, 6.45) is 2.04. The topological polar surface area (TPSA) is 52.0 Å². The lowest BCUT2D eigenvalue weighted by atomic mass is 9.97. The van der Waals surface area contributed by atoms with Crippen molar-refractivity contribution in [2.24, 2.45) is 11.7 Å². The molecule has 0 saturated carbocycles. The lowest BCUT2D eigenvalue weighted by Crippen LogP contribution is -2.14. The Morgan fingerprint density at radius 1 is 1.33 bits per heavy atom. The Kier molecular flexibility index (Phi) is 4.02. The molecule has 0 aliphatic rings. The summed E-state index contributed by atoms with van der Waals surface area (Å²) >= 11 is 0. The maximum Gasteiger partial charge on any atom is 0.199 e. The number of benzene rings is 1. The molecule has 1 aromatic carbocycles. The average molecular weight is 246 g/mol. The molecule has 2 rings (SSSR count). The number of nitrogens with two attached hydrogens (primary N) is 1. The molecule has 0 aliphatic heterocycles. The van der Waals surface area contributed by atoms with Crippen molar-refractivity contribution in [2.45, 2.75) is 39.5 Å². The lowest BCUT2D eigenvalue weighted by Gasteiger charge is -2.12. The Bertz CT molecular complexity index is 516. The fraction of sp³-hybridized carbons (Fsp3) is 0.533. The van der Waals surface area contributed by atoms with E-state index in [1.165, 1.54) is 5.56 Å². The summed E-state index contributed by atoms with van der Waals surface area (Å²) in [7, 11) is 0. The van der Waals surface area contributed by atoms with Crippen LogP contribution in [0.2, 0.25) is 0 Å². The number of nitrogens with zero attached hydrogens (tertiary/aromatic N) is 1. The molecule has 0 aliphatic carbocycles. The van der Waals surface area contributed by atoms with Gasteiger partial charge in [-0.25, -0.2) is 4.98 Å². The Morgan fingerprint density at radius 2 is 2.11 bits per heavy atom. The van der Waals surface area contributed by atoms with E-state index in [-0.39, 0.29) is 5.92 Å². The van der Waals surface area contributed by atoms with Crippen molar-refractivity contribution < 1.29 is 4.42 Å². The van der Waals surface area contributed by atoms with Gasteiger partial charge in [-0.15, -0.1) is 0 Å². The van der Waals surface area contributed by atoms with Crippen LogP contribution in [0.1, 0.15) is 44.6 Å². The van der Waals surface area contributed by atoms with Crippen molar-refractivity contribution in [1.29, 1.82) is 0 Å². The molecule has 0 spiro atoms. The third kappa shape index (κ3) is 2.72.